The molecule has 0 saturated carbocycles. The van der Waals surface area contributed by atoms with Crippen molar-refractivity contribution in [2.75, 3.05) is 19.1 Å². The predicted octanol–water partition coefficient (Wildman–Crippen LogP) is 4.90. The van der Waals surface area contributed by atoms with Gasteiger partial charge in [-0.05, 0) is 36.4 Å². The molecule has 1 aliphatic heterocycles. The van der Waals surface area contributed by atoms with Crippen LogP contribution in [0.2, 0.25) is 5.02 Å². The molecule has 3 rings (SSSR count). The molecular formula is C18H13ClFNO3S2. The third-order valence-electron chi connectivity index (χ3n) is 3.68. The van der Waals surface area contributed by atoms with Crippen molar-refractivity contribution in [3.05, 3.63) is 57.7 Å². The largest absolute Gasteiger partial charge is 0.497 e. The van der Waals surface area contributed by atoms with E-state index in [2.05, 4.69) is 0 Å². The molecule has 134 valence electrons. The molecule has 1 amide bonds. The van der Waals surface area contributed by atoms with Crippen molar-refractivity contribution < 1.29 is 18.7 Å². The number of amides is 1. The quantitative estimate of drug-likeness (QED) is 0.530. The smallest absolute Gasteiger partial charge is 0.270 e. The molecule has 0 N–H and O–H groups in total. The highest BCUT2D eigenvalue weighted by Gasteiger charge is 2.33. The summed E-state index contributed by atoms with van der Waals surface area (Å²) in [7, 11) is 3.10. The maximum Gasteiger partial charge on any atom is 0.270 e. The molecule has 0 radical (unpaired) electrons. The van der Waals surface area contributed by atoms with Crippen LogP contribution >= 0.6 is 35.6 Å². The van der Waals surface area contributed by atoms with E-state index in [1.54, 1.807) is 31.4 Å². The third kappa shape index (κ3) is 3.56. The van der Waals surface area contributed by atoms with Gasteiger partial charge < -0.3 is 9.47 Å². The van der Waals surface area contributed by atoms with Crippen LogP contribution in [0.3, 0.4) is 0 Å². The van der Waals surface area contributed by atoms with E-state index in [9.17, 15) is 9.18 Å². The van der Waals surface area contributed by atoms with Crippen LogP contribution in [-0.4, -0.2) is 24.4 Å². The Balaban J connectivity index is 1.96. The van der Waals surface area contributed by atoms with E-state index < -0.39 is 5.82 Å². The molecule has 0 bridgehead atoms. The van der Waals surface area contributed by atoms with Crippen molar-refractivity contribution in [3.63, 3.8) is 0 Å². The number of hydrogen-bond acceptors (Lipinski definition) is 5. The first-order valence-corrected chi connectivity index (χ1v) is 9.00. The number of carbonyl (C=O) groups excluding carboxylic acids is 1. The monoisotopic (exact) mass is 409 g/mol. The number of benzene rings is 2. The minimum Gasteiger partial charge on any atom is -0.497 e. The van der Waals surface area contributed by atoms with Gasteiger partial charge in [-0.15, -0.1) is 0 Å². The fraction of sp³-hybridized carbons (Fsp3) is 0.111. The summed E-state index contributed by atoms with van der Waals surface area (Å²) in [6.45, 7) is 0. The second-order valence-corrected chi connectivity index (χ2v) is 7.31. The zero-order chi connectivity index (χ0) is 18.8. The Bertz CT molecular complexity index is 933. The summed E-state index contributed by atoms with van der Waals surface area (Å²) >= 11 is 12.3. The number of rotatable bonds is 4. The number of thiocarbonyl (C=S) groups is 1. The molecule has 8 heteroatoms. The van der Waals surface area contributed by atoms with Gasteiger partial charge >= 0.3 is 0 Å². The van der Waals surface area contributed by atoms with Gasteiger partial charge in [-0.25, -0.2) is 4.39 Å². The zero-order valence-electron chi connectivity index (χ0n) is 13.8. The molecule has 0 atom stereocenters. The third-order valence-corrected chi connectivity index (χ3v) is 5.27. The lowest BCUT2D eigenvalue weighted by Crippen LogP contribution is -2.27. The number of halogens is 2. The second kappa shape index (κ2) is 7.65. The Morgan fingerprint density at radius 1 is 1.19 bits per heavy atom. The Labute approximate surface area is 164 Å². The molecule has 1 aliphatic rings. The van der Waals surface area contributed by atoms with Gasteiger partial charge in [0.15, 0.2) is 4.32 Å². The highest BCUT2D eigenvalue weighted by molar-refractivity contribution is 8.27. The minimum atomic E-state index is -0.556. The molecule has 1 saturated heterocycles. The van der Waals surface area contributed by atoms with Crippen LogP contribution in [0.4, 0.5) is 10.1 Å². The van der Waals surface area contributed by atoms with Crippen molar-refractivity contribution in [1.82, 2.24) is 0 Å². The van der Waals surface area contributed by atoms with Crippen LogP contribution in [0.15, 0.2) is 41.3 Å². The maximum atomic E-state index is 13.4. The lowest BCUT2D eigenvalue weighted by molar-refractivity contribution is -0.113. The number of carbonyl (C=O) groups is 1. The Morgan fingerprint density at radius 3 is 2.62 bits per heavy atom. The summed E-state index contributed by atoms with van der Waals surface area (Å²) in [6, 6.07) is 9.33. The number of nitrogens with zero attached hydrogens (tertiary/aromatic N) is 1. The molecular weight excluding hydrogens is 397 g/mol. The first-order valence-electron chi connectivity index (χ1n) is 7.39. The molecule has 0 spiro atoms. The van der Waals surface area contributed by atoms with Gasteiger partial charge in [0.1, 0.15) is 17.3 Å². The fourth-order valence-electron chi connectivity index (χ4n) is 2.39. The Kier molecular flexibility index (Phi) is 5.50. The molecule has 1 heterocycles. The zero-order valence-corrected chi connectivity index (χ0v) is 16.2. The van der Waals surface area contributed by atoms with Crippen LogP contribution in [0, 0.1) is 5.82 Å². The Morgan fingerprint density at radius 2 is 1.96 bits per heavy atom. The van der Waals surface area contributed by atoms with Gasteiger partial charge in [0, 0.05) is 11.6 Å². The fourth-order valence-corrected chi connectivity index (χ4v) is 3.86. The summed E-state index contributed by atoms with van der Waals surface area (Å²) in [5.74, 6) is 0.354. The Hall–Kier alpha value is -2.09. The van der Waals surface area contributed by atoms with Gasteiger partial charge in [0.2, 0.25) is 0 Å². The highest BCUT2D eigenvalue weighted by atomic mass is 35.5. The van der Waals surface area contributed by atoms with Crippen molar-refractivity contribution in [1.29, 1.82) is 0 Å². The van der Waals surface area contributed by atoms with Gasteiger partial charge in [0.25, 0.3) is 5.91 Å². The van der Waals surface area contributed by atoms with E-state index in [-0.39, 0.29) is 10.9 Å². The van der Waals surface area contributed by atoms with Crippen LogP contribution < -0.4 is 14.4 Å². The number of hydrogen-bond donors (Lipinski definition) is 0. The summed E-state index contributed by atoms with van der Waals surface area (Å²) in [5, 5.41) is -0.0719. The van der Waals surface area contributed by atoms with Crippen molar-refractivity contribution in [2.24, 2.45) is 0 Å². The van der Waals surface area contributed by atoms with Gasteiger partial charge in [0.05, 0.1) is 29.8 Å². The summed E-state index contributed by atoms with van der Waals surface area (Å²) < 4.78 is 24.2. The molecule has 0 unspecified atom stereocenters. The molecule has 1 fully saturated rings. The van der Waals surface area contributed by atoms with Crippen molar-refractivity contribution in [3.8, 4) is 11.5 Å². The molecule has 26 heavy (non-hydrogen) atoms. The summed E-state index contributed by atoms with van der Waals surface area (Å²) in [5.41, 5.74) is 1.13. The van der Waals surface area contributed by atoms with Gasteiger partial charge in [-0.2, -0.15) is 0 Å². The first kappa shape index (κ1) is 18.7. The normalized spacial score (nSPS) is 15.7. The van der Waals surface area contributed by atoms with Gasteiger partial charge in [-0.3, -0.25) is 9.69 Å². The van der Waals surface area contributed by atoms with Crippen LogP contribution in [0.25, 0.3) is 6.08 Å². The average Bonchev–Trinajstić information content (AvgIpc) is 2.91. The number of anilines is 1. The molecule has 2 aromatic rings. The summed E-state index contributed by atoms with van der Waals surface area (Å²) in [6.07, 6.45) is 1.70. The number of ether oxygens (including phenoxy) is 2. The lowest BCUT2D eigenvalue weighted by Gasteiger charge is -2.14. The average molecular weight is 410 g/mol. The SMILES string of the molecule is COc1ccc(C=C2SC(=S)N(c3ccc(F)c(Cl)c3)C2=O)c(OC)c1. The number of methoxy groups -OCH3 is 2. The maximum absolute atomic E-state index is 13.4. The molecule has 0 aliphatic carbocycles. The molecule has 2 aromatic carbocycles. The summed E-state index contributed by atoms with van der Waals surface area (Å²) in [4.78, 5) is 14.5. The van der Waals surface area contributed by atoms with Gasteiger partial charge in [-0.1, -0.05) is 35.6 Å². The van der Waals surface area contributed by atoms with E-state index in [4.69, 9.17) is 33.3 Å². The van der Waals surface area contributed by atoms with Crippen LogP contribution in [0.1, 0.15) is 5.56 Å². The minimum absolute atomic E-state index is 0.0719. The van der Waals surface area contributed by atoms with E-state index in [1.165, 1.54) is 30.2 Å². The topological polar surface area (TPSA) is 38.8 Å². The van der Waals surface area contributed by atoms with Crippen LogP contribution in [0.5, 0.6) is 11.5 Å². The first-order chi connectivity index (χ1) is 12.4. The van der Waals surface area contributed by atoms with E-state index in [0.29, 0.717) is 32.0 Å². The van der Waals surface area contributed by atoms with Crippen LogP contribution in [-0.2, 0) is 4.79 Å². The van der Waals surface area contributed by atoms with E-state index in [0.717, 1.165) is 11.8 Å². The highest BCUT2D eigenvalue weighted by Crippen LogP contribution is 2.38. The van der Waals surface area contributed by atoms with E-state index in [1.807, 2.05) is 0 Å². The van der Waals surface area contributed by atoms with Crippen molar-refractivity contribution in [2.45, 2.75) is 0 Å². The standard InChI is InChI=1S/C18H13ClFNO3S2/c1-23-12-5-3-10(15(9-12)24-2)7-16-17(22)21(18(25)26-16)11-4-6-14(20)13(19)8-11/h3-9H,1-2H3. The van der Waals surface area contributed by atoms with Crippen molar-refractivity contribution >= 4 is 57.6 Å². The molecule has 4 nitrogen and oxygen atoms in total. The molecule has 0 aromatic heterocycles. The number of thioether (sulfide) groups is 1. The second-order valence-electron chi connectivity index (χ2n) is 5.22. The lowest BCUT2D eigenvalue weighted by atomic mass is 10.1. The predicted molar refractivity (Wildman–Crippen MR) is 107 cm³/mol. The van der Waals surface area contributed by atoms with E-state index >= 15 is 0 Å².